The van der Waals surface area contributed by atoms with Crippen molar-refractivity contribution in [3.63, 3.8) is 0 Å². The second kappa shape index (κ2) is 10.3. The van der Waals surface area contributed by atoms with Crippen molar-refractivity contribution in [1.29, 1.82) is 0 Å². The number of carbonyl (C=O) groups is 2. The molecule has 13 heteroatoms. The predicted molar refractivity (Wildman–Crippen MR) is 119 cm³/mol. The third kappa shape index (κ3) is 5.12. The molecule has 2 amide bonds. The van der Waals surface area contributed by atoms with Gasteiger partial charge in [-0.2, -0.15) is 13.2 Å². The van der Waals surface area contributed by atoms with Crippen molar-refractivity contribution in [3.05, 3.63) is 47.2 Å². The molecular weight excluding hydrogens is 488 g/mol. The molecule has 0 aliphatic carbocycles. The Morgan fingerprint density at radius 2 is 1.94 bits per heavy atom. The summed E-state index contributed by atoms with van der Waals surface area (Å²) in [6.45, 7) is 3.73. The summed E-state index contributed by atoms with van der Waals surface area (Å²) in [4.78, 5) is 32.1. The quantitative estimate of drug-likeness (QED) is 0.410. The second-order valence-electron chi connectivity index (χ2n) is 8.51. The number of benzene rings is 1. The molecule has 1 saturated heterocycles. The maximum absolute atomic E-state index is 14.4. The van der Waals surface area contributed by atoms with E-state index in [9.17, 15) is 27.2 Å². The number of nitrogens with one attached hydrogen (secondary N) is 1. The maximum atomic E-state index is 14.4. The highest BCUT2D eigenvalue weighted by molar-refractivity contribution is 5.95. The first-order valence-electron chi connectivity index (χ1n) is 10.9. The van der Waals surface area contributed by atoms with Gasteiger partial charge < -0.3 is 25.3 Å². The number of anilines is 1. The molecule has 3 rings (SSSR count). The summed E-state index contributed by atoms with van der Waals surface area (Å²) >= 11 is 0. The zero-order valence-corrected chi connectivity index (χ0v) is 20.0. The number of primary amides is 1. The van der Waals surface area contributed by atoms with Crippen LogP contribution in [-0.4, -0.2) is 60.0 Å². The number of ether oxygens (including phenoxy) is 3. The fourth-order valence-corrected chi connectivity index (χ4v) is 4.14. The molecule has 2 heterocycles. The average Bonchev–Trinajstić information content (AvgIpc) is 3.09. The standard InChI is InChI=1S/C23H26F4N4O5/c1-11-14(24)6-5-13(17(11)35-10-9-34-4)16-12(2)22(3,23(25,26)27)36-18(16)21(33)31-15-7-8-29-20(30-15)19(28)32/h5-8,12,16,18H,9-10H2,1-4H3,(H2,28,32)(H,29,30,31,33)/t12-,16-,18+,22+/m0/s1. The van der Waals surface area contributed by atoms with Crippen LogP contribution in [0.2, 0.25) is 0 Å². The third-order valence-electron chi connectivity index (χ3n) is 6.32. The molecule has 3 N–H and O–H groups in total. The zero-order valence-electron chi connectivity index (χ0n) is 20.0. The summed E-state index contributed by atoms with van der Waals surface area (Å²) in [5.74, 6) is -5.57. The van der Waals surface area contributed by atoms with Crippen LogP contribution in [-0.2, 0) is 14.3 Å². The van der Waals surface area contributed by atoms with Gasteiger partial charge in [-0.1, -0.05) is 13.0 Å². The molecule has 0 spiro atoms. The Bertz CT molecular complexity index is 1150. The van der Waals surface area contributed by atoms with Crippen molar-refractivity contribution in [2.75, 3.05) is 25.6 Å². The largest absolute Gasteiger partial charge is 0.491 e. The van der Waals surface area contributed by atoms with Gasteiger partial charge in [0, 0.05) is 36.3 Å². The lowest BCUT2D eigenvalue weighted by atomic mass is 9.76. The summed E-state index contributed by atoms with van der Waals surface area (Å²) in [6.07, 6.45) is -5.35. The molecule has 4 atom stereocenters. The van der Waals surface area contributed by atoms with E-state index >= 15 is 0 Å². The normalized spacial score (nSPS) is 23.9. The minimum Gasteiger partial charge on any atom is -0.491 e. The summed E-state index contributed by atoms with van der Waals surface area (Å²) in [5.41, 5.74) is 2.68. The number of halogens is 4. The van der Waals surface area contributed by atoms with Gasteiger partial charge in [-0.3, -0.25) is 9.59 Å². The van der Waals surface area contributed by atoms with Gasteiger partial charge in [-0.25, -0.2) is 14.4 Å². The number of hydrogen-bond donors (Lipinski definition) is 2. The van der Waals surface area contributed by atoms with E-state index in [4.69, 9.17) is 19.9 Å². The summed E-state index contributed by atoms with van der Waals surface area (Å²) in [5, 5.41) is 2.36. The van der Waals surface area contributed by atoms with Gasteiger partial charge in [0.05, 0.1) is 6.61 Å². The lowest BCUT2D eigenvalue weighted by Gasteiger charge is -2.32. The summed E-state index contributed by atoms with van der Waals surface area (Å²) in [6, 6.07) is 3.62. The van der Waals surface area contributed by atoms with Gasteiger partial charge in [-0.05, 0) is 26.0 Å². The number of rotatable bonds is 8. The molecule has 1 fully saturated rings. The Labute approximate surface area is 204 Å². The number of methoxy groups -OCH3 is 1. The maximum Gasteiger partial charge on any atom is 0.417 e. The first-order chi connectivity index (χ1) is 16.8. The van der Waals surface area contributed by atoms with Gasteiger partial charge in [-0.15, -0.1) is 0 Å². The van der Waals surface area contributed by atoms with Gasteiger partial charge in [0.25, 0.3) is 11.8 Å². The first kappa shape index (κ1) is 27.3. The summed E-state index contributed by atoms with van der Waals surface area (Å²) in [7, 11) is 1.43. The second-order valence-corrected chi connectivity index (χ2v) is 8.51. The van der Waals surface area contributed by atoms with Gasteiger partial charge in [0.15, 0.2) is 5.60 Å². The van der Waals surface area contributed by atoms with Gasteiger partial charge in [0.2, 0.25) is 5.82 Å². The smallest absolute Gasteiger partial charge is 0.417 e. The van der Waals surface area contributed by atoms with Crippen LogP contribution in [0, 0.1) is 18.7 Å². The molecule has 0 radical (unpaired) electrons. The molecule has 36 heavy (non-hydrogen) atoms. The number of amides is 2. The Morgan fingerprint density at radius 3 is 2.56 bits per heavy atom. The van der Waals surface area contributed by atoms with Crippen LogP contribution in [0.25, 0.3) is 0 Å². The van der Waals surface area contributed by atoms with Crippen LogP contribution >= 0.6 is 0 Å². The molecule has 196 valence electrons. The van der Waals surface area contributed by atoms with Crippen LogP contribution in [0.3, 0.4) is 0 Å². The average molecular weight is 514 g/mol. The number of alkyl halides is 3. The van der Waals surface area contributed by atoms with E-state index in [-0.39, 0.29) is 35.9 Å². The number of carbonyl (C=O) groups excluding carboxylic acids is 2. The van der Waals surface area contributed by atoms with Crippen molar-refractivity contribution >= 4 is 17.6 Å². The number of hydrogen-bond acceptors (Lipinski definition) is 7. The highest BCUT2D eigenvalue weighted by Crippen LogP contribution is 2.55. The predicted octanol–water partition coefficient (Wildman–Crippen LogP) is 3.13. The molecule has 1 aromatic carbocycles. The highest BCUT2D eigenvalue weighted by Gasteiger charge is 2.65. The monoisotopic (exact) mass is 514 g/mol. The Hall–Kier alpha value is -3.32. The third-order valence-corrected chi connectivity index (χ3v) is 6.32. The van der Waals surface area contributed by atoms with Crippen molar-refractivity contribution in [2.45, 2.75) is 44.6 Å². The molecule has 0 unspecified atom stereocenters. The summed E-state index contributed by atoms with van der Waals surface area (Å²) < 4.78 is 72.9. The van der Waals surface area contributed by atoms with Gasteiger partial charge >= 0.3 is 6.18 Å². The van der Waals surface area contributed by atoms with Crippen LogP contribution in [0.5, 0.6) is 5.75 Å². The van der Waals surface area contributed by atoms with E-state index in [1.165, 1.54) is 33.1 Å². The minimum atomic E-state index is -4.83. The topological polar surface area (TPSA) is 126 Å². The number of nitrogens with zero attached hydrogens (tertiary/aromatic N) is 2. The SMILES string of the molecule is COCCOc1c([C@H]2[C@H](C(=O)Nc3ccnc(C(N)=O)n3)O[C@@](C)(C(F)(F)F)[C@H]2C)ccc(F)c1C. The van der Waals surface area contributed by atoms with Crippen molar-refractivity contribution in [1.82, 2.24) is 9.97 Å². The molecule has 9 nitrogen and oxygen atoms in total. The number of aromatic nitrogens is 2. The van der Waals surface area contributed by atoms with Crippen LogP contribution in [0.4, 0.5) is 23.4 Å². The Kier molecular flexibility index (Phi) is 7.84. The van der Waals surface area contributed by atoms with Crippen molar-refractivity contribution in [3.8, 4) is 5.75 Å². The first-order valence-corrected chi connectivity index (χ1v) is 10.9. The van der Waals surface area contributed by atoms with E-state index < -0.39 is 53.2 Å². The Balaban J connectivity index is 2.07. The van der Waals surface area contributed by atoms with E-state index in [0.717, 1.165) is 19.2 Å². The molecular formula is C23H26F4N4O5. The van der Waals surface area contributed by atoms with Gasteiger partial charge in [0.1, 0.15) is 30.1 Å². The Morgan fingerprint density at radius 1 is 1.25 bits per heavy atom. The molecule has 1 aliphatic rings. The van der Waals surface area contributed by atoms with E-state index in [1.54, 1.807) is 0 Å². The van der Waals surface area contributed by atoms with Crippen molar-refractivity contribution < 1.29 is 41.4 Å². The number of nitrogens with two attached hydrogens (primary N) is 1. The highest BCUT2D eigenvalue weighted by atomic mass is 19.4. The van der Waals surface area contributed by atoms with E-state index in [1.807, 2.05) is 0 Å². The minimum absolute atomic E-state index is 0.0000171. The molecule has 0 saturated carbocycles. The van der Waals surface area contributed by atoms with Crippen LogP contribution < -0.4 is 15.8 Å². The van der Waals surface area contributed by atoms with Crippen LogP contribution in [0.15, 0.2) is 24.4 Å². The molecule has 1 aromatic heterocycles. The molecule has 0 bridgehead atoms. The lowest BCUT2D eigenvalue weighted by Crippen LogP contribution is -2.47. The fourth-order valence-electron chi connectivity index (χ4n) is 4.14. The fraction of sp³-hybridized carbons (Fsp3) is 0.478. The van der Waals surface area contributed by atoms with E-state index in [2.05, 4.69) is 15.3 Å². The van der Waals surface area contributed by atoms with Crippen LogP contribution in [0.1, 0.15) is 41.5 Å². The zero-order chi connectivity index (χ0) is 26.8. The van der Waals surface area contributed by atoms with E-state index in [0.29, 0.717) is 0 Å². The molecule has 1 aliphatic heterocycles. The molecule has 2 aromatic rings. The lowest BCUT2D eigenvalue weighted by molar-refractivity contribution is -0.272. The van der Waals surface area contributed by atoms with Crippen molar-refractivity contribution in [2.24, 2.45) is 11.7 Å².